The summed E-state index contributed by atoms with van der Waals surface area (Å²) in [5.41, 5.74) is 2.17. The third kappa shape index (κ3) is 4.37. The van der Waals surface area contributed by atoms with Crippen molar-refractivity contribution in [2.45, 2.75) is 13.3 Å². The number of hydrogen-bond donors (Lipinski definition) is 2. The Labute approximate surface area is 116 Å². The zero-order valence-corrected chi connectivity index (χ0v) is 11.7. The predicted molar refractivity (Wildman–Crippen MR) is 78.5 cm³/mol. The summed E-state index contributed by atoms with van der Waals surface area (Å²) in [5, 5.41) is 10.1. The Morgan fingerprint density at radius 1 is 1.37 bits per heavy atom. The Bertz CT molecular complexity index is 525. The van der Waals surface area contributed by atoms with Crippen LogP contribution in [0.2, 0.25) is 0 Å². The summed E-state index contributed by atoms with van der Waals surface area (Å²) in [6.07, 6.45) is 2.20. The maximum absolute atomic E-state index is 11.6. The number of nitrogens with one attached hydrogen (secondary N) is 2. The van der Waals surface area contributed by atoms with E-state index in [-0.39, 0.29) is 5.91 Å². The molecule has 0 spiro atoms. The molecule has 0 fully saturated rings. The maximum Gasteiger partial charge on any atom is 0.224 e. The fraction of sp³-hybridized carbons (Fsp3) is 0.286. The lowest BCUT2D eigenvalue weighted by atomic mass is 10.2. The first-order chi connectivity index (χ1) is 9.25. The van der Waals surface area contributed by atoms with E-state index in [1.165, 1.54) is 0 Å². The van der Waals surface area contributed by atoms with Crippen LogP contribution in [0.25, 0.3) is 0 Å². The molecule has 19 heavy (non-hydrogen) atoms. The normalized spacial score (nSPS) is 10.2. The Morgan fingerprint density at radius 3 is 3.00 bits per heavy atom. The molecule has 2 aromatic rings. The third-order valence-corrected chi connectivity index (χ3v) is 3.43. The van der Waals surface area contributed by atoms with Gasteiger partial charge < -0.3 is 10.6 Å². The van der Waals surface area contributed by atoms with Gasteiger partial charge in [0.2, 0.25) is 5.91 Å². The molecule has 0 saturated carbocycles. The van der Waals surface area contributed by atoms with Crippen molar-refractivity contribution in [2.24, 2.45) is 0 Å². The van der Waals surface area contributed by atoms with Crippen LogP contribution in [0, 0.1) is 6.92 Å². The van der Waals surface area contributed by atoms with Crippen LogP contribution in [0.5, 0.6) is 0 Å². The molecule has 0 saturated heterocycles. The van der Waals surface area contributed by atoms with Crippen molar-refractivity contribution >= 4 is 23.1 Å². The minimum atomic E-state index is 0.0537. The summed E-state index contributed by atoms with van der Waals surface area (Å²) in [6, 6.07) is 5.88. The first kappa shape index (κ1) is 13.5. The highest BCUT2D eigenvalue weighted by Crippen LogP contribution is 2.08. The van der Waals surface area contributed by atoms with Crippen molar-refractivity contribution in [3.8, 4) is 0 Å². The largest absolute Gasteiger partial charge is 0.368 e. The molecular formula is C14H17N3OS. The molecule has 0 aliphatic carbocycles. The summed E-state index contributed by atoms with van der Waals surface area (Å²) in [7, 11) is 0. The average molecular weight is 275 g/mol. The fourth-order valence-corrected chi connectivity index (χ4v) is 2.36. The number of aryl methyl sites for hydroxylation is 1. The number of pyridine rings is 1. The SMILES string of the molecule is Cc1cccnc1NCCNC(=O)Cc1ccsc1. The fourth-order valence-electron chi connectivity index (χ4n) is 1.69. The van der Waals surface area contributed by atoms with Crippen LogP contribution in [0.4, 0.5) is 5.82 Å². The first-order valence-electron chi connectivity index (χ1n) is 6.19. The molecule has 0 unspecified atom stereocenters. The van der Waals surface area contributed by atoms with Gasteiger partial charge in [0.25, 0.3) is 0 Å². The minimum absolute atomic E-state index is 0.0537. The first-order valence-corrected chi connectivity index (χ1v) is 7.13. The topological polar surface area (TPSA) is 54.0 Å². The van der Waals surface area contributed by atoms with Crippen LogP contribution in [-0.4, -0.2) is 24.0 Å². The highest BCUT2D eigenvalue weighted by atomic mass is 32.1. The Kier molecular flexibility index (Phi) is 4.92. The van der Waals surface area contributed by atoms with E-state index in [1.807, 2.05) is 35.9 Å². The molecule has 0 bridgehead atoms. The minimum Gasteiger partial charge on any atom is -0.368 e. The van der Waals surface area contributed by atoms with Crippen LogP contribution < -0.4 is 10.6 Å². The van der Waals surface area contributed by atoms with Gasteiger partial charge >= 0.3 is 0 Å². The molecule has 1 amide bonds. The molecule has 4 nitrogen and oxygen atoms in total. The molecule has 2 heterocycles. The number of aromatic nitrogens is 1. The third-order valence-electron chi connectivity index (χ3n) is 2.69. The van der Waals surface area contributed by atoms with Crippen molar-refractivity contribution in [3.05, 3.63) is 46.3 Å². The average Bonchev–Trinajstić information content (AvgIpc) is 2.89. The van der Waals surface area contributed by atoms with E-state index in [1.54, 1.807) is 17.5 Å². The number of nitrogens with zero attached hydrogens (tertiary/aromatic N) is 1. The molecule has 2 aromatic heterocycles. The molecule has 5 heteroatoms. The molecule has 0 aliphatic rings. The van der Waals surface area contributed by atoms with E-state index in [0.29, 0.717) is 19.5 Å². The standard InChI is InChI=1S/C14H17N3OS/c1-11-3-2-5-16-14(11)17-7-6-15-13(18)9-12-4-8-19-10-12/h2-5,8,10H,6-7,9H2,1H3,(H,15,18)(H,16,17). The summed E-state index contributed by atoms with van der Waals surface area (Å²) in [6.45, 7) is 3.27. The summed E-state index contributed by atoms with van der Waals surface area (Å²) in [5.74, 6) is 0.924. The zero-order valence-electron chi connectivity index (χ0n) is 10.8. The van der Waals surface area contributed by atoms with Crippen molar-refractivity contribution in [2.75, 3.05) is 18.4 Å². The molecule has 0 atom stereocenters. The maximum atomic E-state index is 11.6. The van der Waals surface area contributed by atoms with Gasteiger partial charge in [-0.1, -0.05) is 6.07 Å². The molecule has 0 radical (unpaired) electrons. The highest BCUT2D eigenvalue weighted by molar-refractivity contribution is 7.07. The number of anilines is 1. The van der Waals surface area contributed by atoms with Gasteiger partial charge in [0, 0.05) is 19.3 Å². The van der Waals surface area contributed by atoms with Gasteiger partial charge in [0.1, 0.15) is 5.82 Å². The van der Waals surface area contributed by atoms with Crippen LogP contribution >= 0.6 is 11.3 Å². The number of hydrogen-bond acceptors (Lipinski definition) is 4. The zero-order chi connectivity index (χ0) is 13.5. The van der Waals surface area contributed by atoms with E-state index < -0.39 is 0 Å². The van der Waals surface area contributed by atoms with Gasteiger partial charge in [-0.25, -0.2) is 4.98 Å². The lowest BCUT2D eigenvalue weighted by Gasteiger charge is -2.08. The molecular weight excluding hydrogens is 258 g/mol. The van der Waals surface area contributed by atoms with Crippen molar-refractivity contribution in [1.82, 2.24) is 10.3 Å². The van der Waals surface area contributed by atoms with E-state index in [4.69, 9.17) is 0 Å². The lowest BCUT2D eigenvalue weighted by Crippen LogP contribution is -2.30. The van der Waals surface area contributed by atoms with Gasteiger partial charge in [-0.05, 0) is 40.9 Å². The van der Waals surface area contributed by atoms with Crippen LogP contribution in [0.1, 0.15) is 11.1 Å². The van der Waals surface area contributed by atoms with Gasteiger partial charge in [0.15, 0.2) is 0 Å². The van der Waals surface area contributed by atoms with Crippen molar-refractivity contribution in [3.63, 3.8) is 0 Å². The molecule has 2 rings (SSSR count). The second kappa shape index (κ2) is 6.89. The summed E-state index contributed by atoms with van der Waals surface area (Å²) in [4.78, 5) is 15.9. The van der Waals surface area contributed by atoms with Crippen LogP contribution in [0.15, 0.2) is 35.2 Å². The second-order valence-corrected chi connectivity index (χ2v) is 5.03. The summed E-state index contributed by atoms with van der Waals surface area (Å²) >= 11 is 1.61. The van der Waals surface area contributed by atoms with Gasteiger partial charge in [-0.15, -0.1) is 0 Å². The van der Waals surface area contributed by atoms with Crippen molar-refractivity contribution in [1.29, 1.82) is 0 Å². The molecule has 0 aliphatic heterocycles. The Morgan fingerprint density at radius 2 is 2.26 bits per heavy atom. The van der Waals surface area contributed by atoms with Gasteiger partial charge in [-0.3, -0.25) is 4.79 Å². The number of carbonyl (C=O) groups is 1. The quantitative estimate of drug-likeness (QED) is 0.795. The molecule has 0 aromatic carbocycles. The Balaban J connectivity index is 1.67. The van der Waals surface area contributed by atoms with E-state index >= 15 is 0 Å². The highest BCUT2D eigenvalue weighted by Gasteiger charge is 2.03. The second-order valence-electron chi connectivity index (χ2n) is 4.25. The number of rotatable bonds is 6. The number of carbonyl (C=O) groups excluding carboxylic acids is 1. The number of amides is 1. The van der Waals surface area contributed by atoms with Gasteiger partial charge in [-0.2, -0.15) is 11.3 Å². The van der Waals surface area contributed by atoms with E-state index in [0.717, 1.165) is 16.9 Å². The van der Waals surface area contributed by atoms with Crippen LogP contribution in [-0.2, 0) is 11.2 Å². The lowest BCUT2D eigenvalue weighted by molar-refractivity contribution is -0.120. The Hall–Kier alpha value is -1.88. The summed E-state index contributed by atoms with van der Waals surface area (Å²) < 4.78 is 0. The van der Waals surface area contributed by atoms with E-state index in [2.05, 4.69) is 15.6 Å². The van der Waals surface area contributed by atoms with Crippen molar-refractivity contribution < 1.29 is 4.79 Å². The van der Waals surface area contributed by atoms with Crippen LogP contribution in [0.3, 0.4) is 0 Å². The molecule has 2 N–H and O–H groups in total. The van der Waals surface area contributed by atoms with E-state index in [9.17, 15) is 4.79 Å². The molecule has 100 valence electrons. The van der Waals surface area contributed by atoms with Gasteiger partial charge in [0.05, 0.1) is 6.42 Å². The monoisotopic (exact) mass is 275 g/mol. The smallest absolute Gasteiger partial charge is 0.224 e. The number of thiophene rings is 1. The predicted octanol–water partition coefficient (Wildman–Crippen LogP) is 2.22.